The van der Waals surface area contributed by atoms with Gasteiger partial charge in [0.05, 0.1) is 6.10 Å². The zero-order valence-electron chi connectivity index (χ0n) is 8.07. The van der Waals surface area contributed by atoms with E-state index in [9.17, 15) is 5.11 Å². The molecule has 0 aliphatic carbocycles. The molecular weight excluding hydrogens is 240 g/mol. The van der Waals surface area contributed by atoms with Crippen molar-refractivity contribution in [1.29, 1.82) is 0 Å². The van der Waals surface area contributed by atoms with Crippen molar-refractivity contribution in [3.05, 3.63) is 52.5 Å². The maximum Gasteiger partial charge on any atom is 0.0929 e. The van der Waals surface area contributed by atoms with E-state index in [1.165, 1.54) is 0 Å². The van der Waals surface area contributed by atoms with Gasteiger partial charge in [-0.15, -0.1) is 0 Å². The van der Waals surface area contributed by atoms with E-state index < -0.39 is 6.10 Å². The van der Waals surface area contributed by atoms with Crippen LogP contribution < -0.4 is 0 Å². The lowest BCUT2D eigenvalue weighted by Crippen LogP contribution is -2.01. The van der Waals surface area contributed by atoms with Crippen LogP contribution >= 0.6 is 15.9 Å². The van der Waals surface area contributed by atoms with Crippen molar-refractivity contribution in [1.82, 2.24) is 0 Å². The van der Waals surface area contributed by atoms with Gasteiger partial charge in [-0.25, -0.2) is 0 Å². The summed E-state index contributed by atoms with van der Waals surface area (Å²) in [6, 6.07) is 7.89. The number of rotatable bonds is 3. The summed E-state index contributed by atoms with van der Waals surface area (Å²) in [5.74, 6) is 0. The molecule has 0 amide bonds. The van der Waals surface area contributed by atoms with Crippen LogP contribution in [-0.2, 0) is 0 Å². The van der Waals surface area contributed by atoms with Crippen LogP contribution in [0.4, 0.5) is 0 Å². The van der Waals surface area contributed by atoms with E-state index in [0.717, 1.165) is 15.6 Å². The number of hydrogen-bond acceptors (Lipinski definition) is 1. The Balaban J connectivity index is 2.69. The van der Waals surface area contributed by atoms with Crippen LogP contribution in [-0.4, -0.2) is 11.2 Å². The average Bonchev–Trinajstić information content (AvgIpc) is 2.16. The molecule has 0 saturated heterocycles. The van der Waals surface area contributed by atoms with Gasteiger partial charge in [-0.1, -0.05) is 46.8 Å². The molecule has 1 atom stereocenters. The van der Waals surface area contributed by atoms with Gasteiger partial charge in [0, 0.05) is 4.47 Å². The van der Waals surface area contributed by atoms with Gasteiger partial charge >= 0.3 is 0 Å². The van der Waals surface area contributed by atoms with Gasteiger partial charge in [-0.05, 0) is 30.2 Å². The predicted octanol–water partition coefficient (Wildman–Crippen LogP) is 3.40. The second-order valence-corrected chi connectivity index (χ2v) is 4.12. The molecule has 0 spiro atoms. The largest absolute Gasteiger partial charge is 0.385 e. The number of halogens is 1. The molecule has 0 saturated carbocycles. The number of hydrogen-bond donors (Lipinski definition) is 1. The maximum absolute atomic E-state index is 9.45. The SMILES string of the molecule is C=C(C)C(O)C=Cc1ccc(Br)cc1. The van der Waals surface area contributed by atoms with Crippen LogP contribution in [0.2, 0.25) is 0 Å². The van der Waals surface area contributed by atoms with Crippen molar-refractivity contribution in [2.45, 2.75) is 13.0 Å². The molecule has 1 N–H and O–H groups in total. The van der Waals surface area contributed by atoms with Gasteiger partial charge in [0.25, 0.3) is 0 Å². The maximum atomic E-state index is 9.45. The average molecular weight is 253 g/mol. The highest BCUT2D eigenvalue weighted by molar-refractivity contribution is 9.10. The molecule has 0 bridgehead atoms. The van der Waals surface area contributed by atoms with E-state index in [-0.39, 0.29) is 0 Å². The highest BCUT2D eigenvalue weighted by atomic mass is 79.9. The van der Waals surface area contributed by atoms with Crippen molar-refractivity contribution >= 4 is 22.0 Å². The molecule has 2 heteroatoms. The summed E-state index contributed by atoms with van der Waals surface area (Å²) in [7, 11) is 0. The van der Waals surface area contributed by atoms with E-state index in [4.69, 9.17) is 0 Å². The molecule has 0 aliphatic rings. The third kappa shape index (κ3) is 3.48. The quantitative estimate of drug-likeness (QED) is 0.818. The molecule has 0 radical (unpaired) electrons. The van der Waals surface area contributed by atoms with E-state index in [2.05, 4.69) is 22.5 Å². The molecule has 1 aromatic rings. The van der Waals surface area contributed by atoms with Crippen LogP contribution in [0, 0.1) is 0 Å². The molecule has 0 aromatic heterocycles. The predicted molar refractivity (Wildman–Crippen MR) is 64.0 cm³/mol. The zero-order chi connectivity index (χ0) is 10.6. The minimum Gasteiger partial charge on any atom is -0.385 e. The summed E-state index contributed by atoms with van der Waals surface area (Å²) in [6.07, 6.45) is 3.05. The first kappa shape index (κ1) is 11.2. The molecule has 1 aromatic carbocycles. The topological polar surface area (TPSA) is 20.2 Å². The summed E-state index contributed by atoms with van der Waals surface area (Å²) in [5, 5.41) is 9.45. The van der Waals surface area contributed by atoms with Gasteiger partial charge < -0.3 is 5.11 Å². The van der Waals surface area contributed by atoms with E-state index in [1.54, 1.807) is 13.0 Å². The minimum absolute atomic E-state index is 0.557. The van der Waals surface area contributed by atoms with Crippen molar-refractivity contribution < 1.29 is 5.11 Å². The lowest BCUT2D eigenvalue weighted by Gasteiger charge is -2.02. The van der Waals surface area contributed by atoms with Gasteiger partial charge in [0.2, 0.25) is 0 Å². The second kappa shape index (κ2) is 5.13. The normalized spacial score (nSPS) is 13.1. The Labute approximate surface area is 92.9 Å². The van der Waals surface area contributed by atoms with Gasteiger partial charge in [0.1, 0.15) is 0 Å². The first-order valence-electron chi connectivity index (χ1n) is 4.37. The number of aliphatic hydroxyl groups is 1. The lowest BCUT2D eigenvalue weighted by atomic mass is 10.1. The summed E-state index contributed by atoms with van der Waals surface area (Å²) < 4.78 is 1.05. The summed E-state index contributed by atoms with van der Waals surface area (Å²) in [4.78, 5) is 0. The lowest BCUT2D eigenvalue weighted by molar-refractivity contribution is 0.260. The monoisotopic (exact) mass is 252 g/mol. The van der Waals surface area contributed by atoms with Crippen LogP contribution in [0.1, 0.15) is 12.5 Å². The van der Waals surface area contributed by atoms with E-state index in [0.29, 0.717) is 0 Å². The molecule has 1 nitrogen and oxygen atoms in total. The first-order valence-corrected chi connectivity index (χ1v) is 5.16. The summed E-state index contributed by atoms with van der Waals surface area (Å²) >= 11 is 3.36. The van der Waals surface area contributed by atoms with Crippen molar-refractivity contribution in [2.75, 3.05) is 0 Å². The highest BCUT2D eigenvalue weighted by Crippen LogP contribution is 2.12. The van der Waals surface area contributed by atoms with Crippen LogP contribution in [0.15, 0.2) is 47.0 Å². The fourth-order valence-corrected chi connectivity index (χ4v) is 1.20. The molecule has 0 heterocycles. The van der Waals surface area contributed by atoms with Crippen molar-refractivity contribution in [3.8, 4) is 0 Å². The van der Waals surface area contributed by atoms with E-state index >= 15 is 0 Å². The Hall–Kier alpha value is -0.860. The van der Waals surface area contributed by atoms with Crippen molar-refractivity contribution in [2.24, 2.45) is 0 Å². The van der Waals surface area contributed by atoms with Gasteiger partial charge in [-0.3, -0.25) is 0 Å². The highest BCUT2D eigenvalue weighted by Gasteiger charge is 1.97. The minimum atomic E-state index is -0.557. The fourth-order valence-electron chi connectivity index (χ4n) is 0.940. The van der Waals surface area contributed by atoms with Gasteiger partial charge in [0.15, 0.2) is 0 Å². The molecule has 74 valence electrons. The van der Waals surface area contributed by atoms with Crippen LogP contribution in [0.5, 0.6) is 0 Å². The third-order valence-corrected chi connectivity index (χ3v) is 2.37. The Kier molecular flexibility index (Phi) is 4.11. The molecule has 1 unspecified atom stereocenters. The Bertz CT molecular complexity index is 338. The zero-order valence-corrected chi connectivity index (χ0v) is 9.66. The van der Waals surface area contributed by atoms with Crippen LogP contribution in [0.25, 0.3) is 6.08 Å². The third-order valence-electron chi connectivity index (χ3n) is 1.85. The molecule has 0 fully saturated rings. The Morgan fingerprint density at radius 3 is 2.50 bits per heavy atom. The standard InChI is InChI=1S/C12H13BrO/c1-9(2)12(14)8-5-10-3-6-11(13)7-4-10/h3-8,12,14H,1H2,2H3. The Morgan fingerprint density at radius 2 is 2.00 bits per heavy atom. The number of aliphatic hydroxyl groups excluding tert-OH is 1. The number of benzene rings is 1. The van der Waals surface area contributed by atoms with E-state index in [1.807, 2.05) is 30.3 Å². The second-order valence-electron chi connectivity index (χ2n) is 3.20. The van der Waals surface area contributed by atoms with Crippen LogP contribution in [0.3, 0.4) is 0 Å². The summed E-state index contributed by atoms with van der Waals surface area (Å²) in [6.45, 7) is 5.47. The Morgan fingerprint density at radius 1 is 1.43 bits per heavy atom. The molecule has 0 aliphatic heterocycles. The van der Waals surface area contributed by atoms with Gasteiger partial charge in [-0.2, -0.15) is 0 Å². The molecular formula is C12H13BrO. The molecule has 1 rings (SSSR count). The smallest absolute Gasteiger partial charge is 0.0929 e. The molecule has 14 heavy (non-hydrogen) atoms. The summed E-state index contributed by atoms with van der Waals surface area (Å²) in [5.41, 5.74) is 1.81. The van der Waals surface area contributed by atoms with Crippen molar-refractivity contribution in [3.63, 3.8) is 0 Å². The fraction of sp³-hybridized carbons (Fsp3) is 0.167. The first-order chi connectivity index (χ1) is 6.59.